The van der Waals surface area contributed by atoms with Gasteiger partial charge < -0.3 is 9.47 Å². The Balaban J connectivity index is 1.34. The van der Waals surface area contributed by atoms with Crippen molar-refractivity contribution in [1.82, 2.24) is 0 Å². The summed E-state index contributed by atoms with van der Waals surface area (Å²) in [4.78, 5) is 24.3. The topological polar surface area (TPSA) is 52.6 Å². The summed E-state index contributed by atoms with van der Waals surface area (Å²) in [5.74, 6) is 1.93. The van der Waals surface area contributed by atoms with E-state index in [-0.39, 0.29) is 17.4 Å². The minimum Gasteiger partial charge on any atom is -0.462 e. The molecular formula is C22H28O4. The van der Waals surface area contributed by atoms with Crippen molar-refractivity contribution in [3.05, 3.63) is 35.4 Å². The van der Waals surface area contributed by atoms with E-state index >= 15 is 0 Å². The Kier molecular flexibility index (Phi) is 4.76. The van der Waals surface area contributed by atoms with Gasteiger partial charge in [-0.15, -0.1) is 0 Å². The van der Waals surface area contributed by atoms with Crippen LogP contribution in [0.4, 0.5) is 0 Å². The van der Waals surface area contributed by atoms with Crippen molar-refractivity contribution >= 4 is 11.9 Å². The number of rotatable bonds is 6. The summed E-state index contributed by atoms with van der Waals surface area (Å²) in [6.45, 7) is 2.92. The molecular weight excluding hydrogens is 328 g/mol. The fraction of sp³-hybridized carbons (Fsp3) is 0.636. The van der Waals surface area contributed by atoms with Crippen LogP contribution in [0.25, 0.3) is 0 Å². The van der Waals surface area contributed by atoms with Crippen molar-refractivity contribution in [1.29, 1.82) is 0 Å². The van der Waals surface area contributed by atoms with E-state index in [2.05, 4.69) is 0 Å². The molecule has 4 saturated carbocycles. The Labute approximate surface area is 155 Å². The number of carbonyl (C=O) groups excluding carboxylic acids is 2. The van der Waals surface area contributed by atoms with Gasteiger partial charge in [-0.05, 0) is 87.0 Å². The van der Waals surface area contributed by atoms with Crippen molar-refractivity contribution in [2.75, 3.05) is 13.2 Å². The van der Waals surface area contributed by atoms with Crippen LogP contribution in [0.15, 0.2) is 24.3 Å². The molecule has 0 N–H and O–H groups in total. The van der Waals surface area contributed by atoms with Crippen LogP contribution < -0.4 is 0 Å². The van der Waals surface area contributed by atoms with E-state index in [0.29, 0.717) is 24.3 Å². The van der Waals surface area contributed by atoms with Crippen molar-refractivity contribution in [2.24, 2.45) is 23.2 Å². The average Bonchev–Trinajstić information content (AvgIpc) is 2.63. The molecule has 4 nitrogen and oxygen atoms in total. The molecule has 4 aliphatic carbocycles. The standard InChI is InChI=1S/C22H28O4/c1-2-7-25-20(23)18-3-5-19(6-4-18)21(24)26-14-22-11-15-8-16(12-22)10-17(9-15)13-22/h3-6,15-17H,2,7-14H2,1H3. The molecule has 0 aliphatic heterocycles. The van der Waals surface area contributed by atoms with Crippen molar-refractivity contribution < 1.29 is 19.1 Å². The van der Waals surface area contributed by atoms with E-state index in [9.17, 15) is 9.59 Å². The normalized spacial score (nSPS) is 31.7. The van der Waals surface area contributed by atoms with E-state index in [1.54, 1.807) is 24.3 Å². The summed E-state index contributed by atoms with van der Waals surface area (Å²) >= 11 is 0. The molecule has 1 aromatic carbocycles. The molecule has 140 valence electrons. The number of esters is 2. The third-order valence-electron chi connectivity index (χ3n) is 6.47. The Bertz CT molecular complexity index is 641. The van der Waals surface area contributed by atoms with Gasteiger partial charge in [0.25, 0.3) is 0 Å². The SMILES string of the molecule is CCCOC(=O)c1ccc(C(=O)OCC23CC4CC(CC(C4)C2)C3)cc1. The first-order chi connectivity index (χ1) is 12.6. The maximum atomic E-state index is 12.5. The lowest BCUT2D eigenvalue weighted by Gasteiger charge is -2.56. The highest BCUT2D eigenvalue weighted by Crippen LogP contribution is 2.60. The second-order valence-corrected chi connectivity index (χ2v) is 8.71. The minimum atomic E-state index is -0.347. The summed E-state index contributed by atoms with van der Waals surface area (Å²) in [7, 11) is 0. The third kappa shape index (κ3) is 3.51. The van der Waals surface area contributed by atoms with E-state index in [4.69, 9.17) is 9.47 Å². The van der Waals surface area contributed by atoms with Gasteiger partial charge in [0.05, 0.1) is 24.3 Å². The molecule has 0 unspecified atom stereocenters. The van der Waals surface area contributed by atoms with Crippen LogP contribution in [0.5, 0.6) is 0 Å². The molecule has 4 aliphatic rings. The molecule has 5 rings (SSSR count). The first kappa shape index (κ1) is 17.6. The first-order valence-electron chi connectivity index (χ1n) is 10.0. The van der Waals surface area contributed by atoms with E-state index in [0.717, 1.165) is 24.2 Å². The average molecular weight is 356 g/mol. The van der Waals surface area contributed by atoms with Gasteiger partial charge in [-0.2, -0.15) is 0 Å². The molecule has 4 bridgehead atoms. The Hall–Kier alpha value is -1.84. The maximum absolute atomic E-state index is 12.5. The van der Waals surface area contributed by atoms with Crippen LogP contribution in [-0.2, 0) is 9.47 Å². The molecule has 0 radical (unpaired) electrons. The second-order valence-electron chi connectivity index (χ2n) is 8.71. The summed E-state index contributed by atoms with van der Waals surface area (Å²) < 4.78 is 10.8. The fourth-order valence-corrected chi connectivity index (χ4v) is 5.79. The summed E-state index contributed by atoms with van der Waals surface area (Å²) in [5, 5.41) is 0. The van der Waals surface area contributed by atoms with Gasteiger partial charge in [0.1, 0.15) is 0 Å². The molecule has 4 fully saturated rings. The molecule has 0 amide bonds. The van der Waals surface area contributed by atoms with Crippen LogP contribution in [-0.4, -0.2) is 25.2 Å². The van der Waals surface area contributed by atoms with Gasteiger partial charge >= 0.3 is 11.9 Å². The number of ether oxygens (including phenoxy) is 2. The lowest BCUT2D eigenvalue weighted by atomic mass is 9.50. The van der Waals surface area contributed by atoms with Crippen molar-refractivity contribution in [2.45, 2.75) is 51.9 Å². The van der Waals surface area contributed by atoms with Crippen LogP contribution in [0.2, 0.25) is 0 Å². The number of hydrogen-bond acceptors (Lipinski definition) is 4. The monoisotopic (exact) mass is 356 g/mol. The van der Waals surface area contributed by atoms with E-state index in [1.165, 1.54) is 38.5 Å². The molecule has 0 spiro atoms. The summed E-state index contributed by atoms with van der Waals surface area (Å²) in [6, 6.07) is 6.59. The van der Waals surface area contributed by atoms with Gasteiger partial charge in [0, 0.05) is 5.41 Å². The maximum Gasteiger partial charge on any atom is 0.338 e. The van der Waals surface area contributed by atoms with E-state index in [1.807, 2.05) is 6.92 Å². The Morgan fingerprint density at radius 1 is 0.885 bits per heavy atom. The molecule has 0 atom stereocenters. The molecule has 0 heterocycles. The zero-order valence-electron chi connectivity index (χ0n) is 15.5. The molecule has 4 heteroatoms. The van der Waals surface area contributed by atoms with Crippen LogP contribution in [0.1, 0.15) is 72.6 Å². The van der Waals surface area contributed by atoms with Gasteiger partial charge in [0.2, 0.25) is 0 Å². The lowest BCUT2D eigenvalue weighted by Crippen LogP contribution is -2.48. The number of carbonyl (C=O) groups is 2. The molecule has 1 aromatic rings. The quantitative estimate of drug-likeness (QED) is 0.698. The highest BCUT2D eigenvalue weighted by Gasteiger charge is 2.51. The van der Waals surface area contributed by atoms with Gasteiger partial charge in [0.15, 0.2) is 0 Å². The highest BCUT2D eigenvalue weighted by molar-refractivity contribution is 5.93. The molecule has 0 saturated heterocycles. The third-order valence-corrected chi connectivity index (χ3v) is 6.47. The predicted molar refractivity (Wildman–Crippen MR) is 97.9 cm³/mol. The van der Waals surface area contributed by atoms with E-state index < -0.39 is 0 Å². The van der Waals surface area contributed by atoms with Gasteiger partial charge in [-0.3, -0.25) is 0 Å². The molecule has 26 heavy (non-hydrogen) atoms. The number of hydrogen-bond donors (Lipinski definition) is 0. The zero-order valence-corrected chi connectivity index (χ0v) is 15.5. The van der Waals surface area contributed by atoms with Crippen LogP contribution in [0, 0.1) is 23.2 Å². The predicted octanol–water partition coefficient (Wildman–Crippen LogP) is 4.63. The number of benzene rings is 1. The molecule has 0 aromatic heterocycles. The van der Waals surface area contributed by atoms with Gasteiger partial charge in [-0.1, -0.05) is 6.92 Å². The summed E-state index contributed by atoms with van der Waals surface area (Å²) in [6.07, 6.45) is 8.66. The highest BCUT2D eigenvalue weighted by atomic mass is 16.5. The second kappa shape index (κ2) is 7.05. The Morgan fingerprint density at radius 2 is 1.35 bits per heavy atom. The fourth-order valence-electron chi connectivity index (χ4n) is 5.79. The Morgan fingerprint density at radius 3 is 1.81 bits per heavy atom. The zero-order chi connectivity index (χ0) is 18.1. The largest absolute Gasteiger partial charge is 0.462 e. The van der Waals surface area contributed by atoms with Crippen molar-refractivity contribution in [3.63, 3.8) is 0 Å². The lowest BCUT2D eigenvalue weighted by molar-refractivity contribution is -0.0848. The van der Waals surface area contributed by atoms with Gasteiger partial charge in [-0.25, -0.2) is 9.59 Å². The van der Waals surface area contributed by atoms with Crippen LogP contribution >= 0.6 is 0 Å². The summed E-state index contributed by atoms with van der Waals surface area (Å²) in [5.41, 5.74) is 1.20. The smallest absolute Gasteiger partial charge is 0.338 e. The van der Waals surface area contributed by atoms with Crippen molar-refractivity contribution in [3.8, 4) is 0 Å². The van der Waals surface area contributed by atoms with Crippen LogP contribution in [0.3, 0.4) is 0 Å². The minimum absolute atomic E-state index is 0.230. The first-order valence-corrected chi connectivity index (χ1v) is 10.0.